The van der Waals surface area contributed by atoms with Crippen LogP contribution in [0.3, 0.4) is 0 Å². The monoisotopic (exact) mass is 563 g/mol. The van der Waals surface area contributed by atoms with Crippen LogP contribution in [0, 0.1) is 0 Å². The molecule has 2 aromatic carbocycles. The molecule has 2 aromatic rings. The van der Waals surface area contributed by atoms with Crippen molar-refractivity contribution < 1.29 is 27.8 Å². The van der Waals surface area contributed by atoms with Crippen LogP contribution in [0.2, 0.25) is 5.02 Å². The normalized spacial score (nSPS) is 21.5. The predicted octanol–water partition coefficient (Wildman–Crippen LogP) is 4.75. The van der Waals surface area contributed by atoms with Gasteiger partial charge >= 0.3 is 12.1 Å². The van der Waals surface area contributed by atoms with E-state index in [4.69, 9.17) is 16.3 Å². The highest BCUT2D eigenvalue weighted by molar-refractivity contribution is 6.30. The van der Waals surface area contributed by atoms with Crippen molar-refractivity contribution in [3.63, 3.8) is 0 Å². The number of piperazine rings is 1. The third-order valence-corrected chi connectivity index (χ3v) is 8.45. The van der Waals surface area contributed by atoms with Gasteiger partial charge in [0.05, 0.1) is 5.56 Å². The third-order valence-electron chi connectivity index (χ3n) is 8.22. The summed E-state index contributed by atoms with van der Waals surface area (Å²) < 4.78 is 45.4. The fourth-order valence-electron chi connectivity index (χ4n) is 5.96. The van der Waals surface area contributed by atoms with Gasteiger partial charge in [-0.1, -0.05) is 29.8 Å². The summed E-state index contributed by atoms with van der Waals surface area (Å²) in [6, 6.07) is 13.2. The number of ether oxygens (including phenoxy) is 1. The molecular formula is C29H33ClF3N3O3. The Bertz CT molecular complexity index is 1240. The molecule has 3 aliphatic heterocycles. The van der Waals surface area contributed by atoms with E-state index in [-0.39, 0.29) is 5.97 Å². The smallest absolute Gasteiger partial charge is 0.416 e. The van der Waals surface area contributed by atoms with E-state index in [1.165, 1.54) is 11.6 Å². The van der Waals surface area contributed by atoms with Crippen LogP contribution in [0.4, 0.5) is 18.9 Å². The zero-order valence-corrected chi connectivity index (χ0v) is 22.6. The molecule has 0 bridgehead atoms. The fourth-order valence-corrected chi connectivity index (χ4v) is 6.18. The molecule has 1 unspecified atom stereocenters. The second kappa shape index (κ2) is 11.1. The van der Waals surface area contributed by atoms with Crippen molar-refractivity contribution in [3.8, 4) is 0 Å². The summed E-state index contributed by atoms with van der Waals surface area (Å²) in [6.45, 7) is 5.87. The van der Waals surface area contributed by atoms with Gasteiger partial charge in [-0.05, 0) is 49.2 Å². The first-order valence-corrected chi connectivity index (χ1v) is 13.7. The molecule has 1 N–H and O–H groups in total. The number of hydrogen-bond acceptors (Lipinski definition) is 6. The number of carbonyl (C=O) groups is 1. The number of alkyl halides is 3. The molecule has 2 saturated heterocycles. The van der Waals surface area contributed by atoms with Crippen molar-refractivity contribution in [2.45, 2.75) is 44.2 Å². The van der Waals surface area contributed by atoms with Crippen LogP contribution in [-0.4, -0.2) is 78.5 Å². The Balaban J connectivity index is 1.21. The molecule has 5 rings (SSSR count). The van der Waals surface area contributed by atoms with Crippen molar-refractivity contribution in [3.05, 3.63) is 75.8 Å². The average molecular weight is 564 g/mol. The fraction of sp³-hybridized carbons (Fsp3) is 0.483. The minimum absolute atomic E-state index is 0.390. The number of hydrogen-bond donors (Lipinski definition) is 1. The summed E-state index contributed by atoms with van der Waals surface area (Å²) in [4.78, 5) is 18.8. The first-order chi connectivity index (χ1) is 18.6. The molecule has 0 aromatic heterocycles. The van der Waals surface area contributed by atoms with Gasteiger partial charge in [-0.2, -0.15) is 13.2 Å². The summed E-state index contributed by atoms with van der Waals surface area (Å²) in [6.07, 6.45) is -3.32. The molecule has 0 saturated carbocycles. The highest BCUT2D eigenvalue weighted by Gasteiger charge is 2.51. The summed E-state index contributed by atoms with van der Waals surface area (Å²) in [5, 5.41) is 12.2. The molecule has 1 atom stereocenters. The van der Waals surface area contributed by atoms with Crippen LogP contribution < -0.4 is 4.90 Å². The van der Waals surface area contributed by atoms with E-state index in [1.54, 1.807) is 13.0 Å². The number of benzene rings is 2. The molecule has 3 aliphatic rings. The third kappa shape index (κ3) is 5.96. The number of likely N-dealkylation sites (tertiary alicyclic amines) is 1. The van der Waals surface area contributed by atoms with Crippen LogP contribution >= 0.6 is 11.6 Å². The Morgan fingerprint density at radius 3 is 2.38 bits per heavy atom. The van der Waals surface area contributed by atoms with E-state index in [2.05, 4.69) is 11.0 Å². The lowest BCUT2D eigenvalue weighted by atomic mass is 9.81. The Morgan fingerprint density at radius 1 is 1.03 bits per heavy atom. The maximum absolute atomic E-state index is 13.2. The summed E-state index contributed by atoms with van der Waals surface area (Å²) >= 11 is 6.11. The van der Waals surface area contributed by atoms with Gasteiger partial charge in [-0.3, -0.25) is 4.90 Å². The van der Waals surface area contributed by atoms with Gasteiger partial charge in [-0.25, -0.2) is 4.79 Å². The van der Waals surface area contributed by atoms with Gasteiger partial charge in [0.25, 0.3) is 0 Å². The van der Waals surface area contributed by atoms with E-state index in [0.717, 1.165) is 43.2 Å². The first-order valence-electron chi connectivity index (χ1n) is 13.3. The maximum atomic E-state index is 13.2. The number of nitrogens with zero attached hydrogens (tertiary/aromatic N) is 3. The van der Waals surface area contributed by atoms with Gasteiger partial charge in [0.15, 0.2) is 0 Å². The van der Waals surface area contributed by atoms with Crippen LogP contribution in [0.15, 0.2) is 59.7 Å². The Labute approximate surface area is 231 Å². The molecule has 10 heteroatoms. The van der Waals surface area contributed by atoms with Gasteiger partial charge in [-0.15, -0.1) is 0 Å². The lowest BCUT2D eigenvalue weighted by molar-refractivity contribution is -0.151. The van der Waals surface area contributed by atoms with E-state index < -0.39 is 23.6 Å². The van der Waals surface area contributed by atoms with Crippen LogP contribution in [0.1, 0.15) is 30.9 Å². The largest absolute Gasteiger partial charge is 0.451 e. The van der Waals surface area contributed by atoms with E-state index >= 15 is 0 Å². The zero-order chi connectivity index (χ0) is 27.8. The molecule has 0 amide bonds. The quantitative estimate of drug-likeness (QED) is 0.512. The van der Waals surface area contributed by atoms with Gasteiger partial charge < -0.3 is 19.6 Å². The summed E-state index contributed by atoms with van der Waals surface area (Å²) in [5.74, 6) is -0.390. The predicted molar refractivity (Wildman–Crippen MR) is 144 cm³/mol. The topological polar surface area (TPSA) is 56.3 Å². The summed E-state index contributed by atoms with van der Waals surface area (Å²) in [7, 11) is 0. The van der Waals surface area contributed by atoms with Crippen LogP contribution in [-0.2, 0) is 22.1 Å². The second-order valence-corrected chi connectivity index (χ2v) is 11.0. The standard InChI is InChI=1S/C29H33ClF3N3O3/c1-20-25(26(37)36-16-14-35(15-17-36)24-7-3-5-22(19-24)29(31,32)33)28(39-27(20)38)9-12-34(13-10-28)11-8-21-4-2-6-23(30)18-21/h2-7,18-19,26,37H,8-17H2,1H3. The molecule has 210 valence electrons. The molecule has 3 heterocycles. The molecule has 2 fully saturated rings. The first kappa shape index (κ1) is 28.0. The molecule has 6 nitrogen and oxygen atoms in total. The van der Waals surface area contributed by atoms with Crippen LogP contribution in [0.25, 0.3) is 0 Å². The number of aliphatic hydroxyl groups excluding tert-OH is 1. The highest BCUT2D eigenvalue weighted by Crippen LogP contribution is 2.43. The molecule has 0 aliphatic carbocycles. The zero-order valence-electron chi connectivity index (χ0n) is 21.9. The number of esters is 1. The van der Waals surface area contributed by atoms with E-state index in [1.807, 2.05) is 28.0 Å². The number of anilines is 1. The van der Waals surface area contributed by atoms with Gasteiger partial charge in [0, 0.05) is 80.5 Å². The number of aliphatic hydroxyl groups is 1. The minimum atomic E-state index is -4.40. The number of rotatable bonds is 6. The Kier molecular flexibility index (Phi) is 7.97. The lowest BCUT2D eigenvalue weighted by Crippen LogP contribution is -2.55. The molecule has 0 radical (unpaired) electrons. The summed E-state index contributed by atoms with van der Waals surface area (Å²) in [5.41, 5.74) is 1.27. The van der Waals surface area contributed by atoms with E-state index in [0.29, 0.717) is 55.9 Å². The molecule has 1 spiro atoms. The van der Waals surface area contributed by atoms with Gasteiger partial charge in [0.1, 0.15) is 11.8 Å². The average Bonchev–Trinajstić information content (AvgIpc) is 3.16. The van der Waals surface area contributed by atoms with E-state index in [9.17, 15) is 23.1 Å². The molecule has 39 heavy (non-hydrogen) atoms. The maximum Gasteiger partial charge on any atom is 0.416 e. The number of carbonyl (C=O) groups excluding carboxylic acids is 1. The van der Waals surface area contributed by atoms with Crippen molar-refractivity contribution in [2.75, 3.05) is 50.7 Å². The number of piperidine rings is 1. The SMILES string of the molecule is CC1=C(C(O)N2CCN(c3cccc(C(F)(F)F)c3)CC2)C2(CCN(CCc3cccc(Cl)c3)CC2)OC1=O. The number of halogens is 4. The van der Waals surface area contributed by atoms with Gasteiger partial charge in [0.2, 0.25) is 0 Å². The second-order valence-electron chi connectivity index (χ2n) is 10.6. The van der Waals surface area contributed by atoms with Crippen LogP contribution in [0.5, 0.6) is 0 Å². The van der Waals surface area contributed by atoms with Crippen molar-refractivity contribution in [1.82, 2.24) is 9.80 Å². The lowest BCUT2D eigenvalue weighted by Gasteiger charge is -2.44. The Hall–Kier alpha value is -2.59. The van der Waals surface area contributed by atoms with Crippen molar-refractivity contribution in [1.29, 1.82) is 0 Å². The van der Waals surface area contributed by atoms with Crippen molar-refractivity contribution in [2.24, 2.45) is 0 Å². The minimum Gasteiger partial charge on any atom is -0.451 e. The van der Waals surface area contributed by atoms with Crippen molar-refractivity contribution >= 4 is 23.3 Å². The highest BCUT2D eigenvalue weighted by atomic mass is 35.5. The molecular weight excluding hydrogens is 531 g/mol. The Morgan fingerprint density at radius 2 is 1.72 bits per heavy atom.